The molecule has 10 heteroatoms. The molecule has 1 aromatic carbocycles. The number of hydrogen-bond donors (Lipinski definition) is 2. The molecule has 0 fully saturated rings. The van der Waals surface area contributed by atoms with E-state index in [1.54, 1.807) is 6.92 Å². The van der Waals surface area contributed by atoms with Gasteiger partial charge in [-0.1, -0.05) is 6.92 Å². The summed E-state index contributed by atoms with van der Waals surface area (Å²) in [7, 11) is 1.30. The molecular weight excluding hydrogens is 379 g/mol. The number of nitrogens with zero attached hydrogens (tertiary/aromatic N) is 1. The Bertz CT molecular complexity index is 856. The second-order valence-electron chi connectivity index (χ2n) is 5.54. The number of nitrogens with one attached hydrogen (secondary N) is 2. The van der Waals surface area contributed by atoms with Gasteiger partial charge >= 0.3 is 6.36 Å². The second-order valence-corrected chi connectivity index (χ2v) is 5.54. The van der Waals surface area contributed by atoms with Crippen LogP contribution in [-0.4, -0.2) is 30.3 Å². The van der Waals surface area contributed by atoms with Crippen LogP contribution in [0.25, 0.3) is 0 Å². The lowest BCUT2D eigenvalue weighted by Gasteiger charge is -2.13. The summed E-state index contributed by atoms with van der Waals surface area (Å²) in [5.41, 5.74) is 0.719. The molecule has 0 aliphatic carbocycles. The van der Waals surface area contributed by atoms with Crippen molar-refractivity contribution in [2.24, 2.45) is 0 Å². The van der Waals surface area contributed by atoms with Crippen LogP contribution in [0, 0.1) is 0 Å². The van der Waals surface area contributed by atoms with Crippen molar-refractivity contribution >= 4 is 17.6 Å². The second kappa shape index (κ2) is 9.07. The summed E-state index contributed by atoms with van der Waals surface area (Å²) < 4.78 is 45.8. The molecule has 1 aromatic heterocycles. The zero-order valence-electron chi connectivity index (χ0n) is 15.1. The maximum Gasteiger partial charge on any atom is 0.573 e. The number of carbonyl (C=O) groups excluding carboxylic acids is 2. The minimum Gasteiger partial charge on any atom is -0.496 e. The summed E-state index contributed by atoms with van der Waals surface area (Å²) in [6.07, 6.45) is -3.16. The van der Waals surface area contributed by atoms with E-state index >= 15 is 0 Å². The van der Waals surface area contributed by atoms with Gasteiger partial charge in [0.2, 0.25) is 5.91 Å². The smallest absolute Gasteiger partial charge is 0.496 e. The van der Waals surface area contributed by atoms with E-state index in [0.717, 1.165) is 12.1 Å². The van der Waals surface area contributed by atoms with Crippen molar-refractivity contribution in [3.63, 3.8) is 0 Å². The Labute approximate surface area is 158 Å². The number of rotatable bonds is 7. The minimum absolute atomic E-state index is 0.00722. The van der Waals surface area contributed by atoms with E-state index in [9.17, 15) is 22.8 Å². The standard InChI is InChI=1S/C18H18F3N3O4/c1-3-16(25)24-15-8-11(6-7-22-15)17(26)23-10-12-4-5-13(9-14(12)27-2)28-18(19,20)21/h4-9H,3,10H2,1-2H3,(H,23,26)(H,22,24,25). The highest BCUT2D eigenvalue weighted by atomic mass is 19.4. The van der Waals surface area contributed by atoms with Crippen molar-refractivity contribution < 1.29 is 32.2 Å². The number of alkyl halides is 3. The lowest BCUT2D eigenvalue weighted by Crippen LogP contribution is -2.23. The topological polar surface area (TPSA) is 89.6 Å². The molecule has 0 radical (unpaired) electrons. The van der Waals surface area contributed by atoms with Crippen LogP contribution in [0.2, 0.25) is 0 Å². The molecule has 0 aliphatic rings. The van der Waals surface area contributed by atoms with Gasteiger partial charge in [0.1, 0.15) is 17.3 Å². The summed E-state index contributed by atoms with van der Waals surface area (Å²) in [5.74, 6) is -0.744. The van der Waals surface area contributed by atoms with Crippen LogP contribution < -0.4 is 20.1 Å². The number of amides is 2. The molecule has 0 saturated carbocycles. The highest BCUT2D eigenvalue weighted by molar-refractivity contribution is 5.96. The van der Waals surface area contributed by atoms with Crippen LogP contribution in [-0.2, 0) is 11.3 Å². The predicted octanol–water partition coefficient (Wildman–Crippen LogP) is 3.27. The highest BCUT2D eigenvalue weighted by Gasteiger charge is 2.31. The minimum atomic E-state index is -4.81. The number of hydrogen-bond acceptors (Lipinski definition) is 5. The number of methoxy groups -OCH3 is 1. The van der Waals surface area contributed by atoms with Gasteiger partial charge in [-0.2, -0.15) is 0 Å². The molecule has 0 saturated heterocycles. The quantitative estimate of drug-likeness (QED) is 0.749. The van der Waals surface area contributed by atoms with Crippen LogP contribution in [0.1, 0.15) is 29.3 Å². The number of pyridine rings is 1. The maximum atomic E-state index is 12.3. The van der Waals surface area contributed by atoms with Crippen LogP contribution in [0.5, 0.6) is 11.5 Å². The number of benzene rings is 1. The Morgan fingerprint density at radius 3 is 2.57 bits per heavy atom. The van der Waals surface area contributed by atoms with Crippen LogP contribution in [0.4, 0.5) is 19.0 Å². The summed E-state index contributed by atoms with van der Waals surface area (Å²) >= 11 is 0. The van der Waals surface area contributed by atoms with Crippen molar-refractivity contribution in [2.45, 2.75) is 26.3 Å². The van der Waals surface area contributed by atoms with E-state index in [-0.39, 0.29) is 36.0 Å². The van der Waals surface area contributed by atoms with Crippen molar-refractivity contribution in [2.75, 3.05) is 12.4 Å². The van der Waals surface area contributed by atoms with Crippen LogP contribution in [0.15, 0.2) is 36.5 Å². The van der Waals surface area contributed by atoms with E-state index in [2.05, 4.69) is 20.4 Å². The van der Waals surface area contributed by atoms with Gasteiger partial charge in [0.05, 0.1) is 7.11 Å². The van der Waals surface area contributed by atoms with E-state index < -0.39 is 18.0 Å². The average Bonchev–Trinajstić information content (AvgIpc) is 2.65. The van der Waals surface area contributed by atoms with E-state index in [1.807, 2.05) is 0 Å². The Hall–Kier alpha value is -3.30. The Morgan fingerprint density at radius 1 is 1.18 bits per heavy atom. The third-order valence-corrected chi connectivity index (χ3v) is 3.54. The van der Waals surface area contributed by atoms with E-state index in [4.69, 9.17) is 4.74 Å². The third kappa shape index (κ3) is 6.15. The molecule has 0 bridgehead atoms. The number of carbonyl (C=O) groups is 2. The molecule has 2 amide bonds. The van der Waals surface area contributed by atoms with Crippen molar-refractivity contribution in [1.29, 1.82) is 0 Å². The first kappa shape index (κ1) is 21.0. The van der Waals surface area contributed by atoms with Crippen molar-refractivity contribution in [3.05, 3.63) is 47.7 Å². The summed E-state index contributed by atoms with van der Waals surface area (Å²) in [5, 5.41) is 5.18. The molecule has 2 aromatic rings. The number of anilines is 1. The molecule has 2 N–H and O–H groups in total. The normalized spacial score (nSPS) is 10.9. The fourth-order valence-electron chi connectivity index (χ4n) is 2.22. The van der Waals surface area contributed by atoms with Gasteiger partial charge in [0.25, 0.3) is 5.91 Å². The first-order chi connectivity index (χ1) is 13.2. The van der Waals surface area contributed by atoms with Crippen molar-refractivity contribution in [3.8, 4) is 11.5 Å². The molecule has 0 spiro atoms. The van der Waals surface area contributed by atoms with Gasteiger partial charge in [-0.15, -0.1) is 13.2 Å². The first-order valence-electron chi connectivity index (χ1n) is 8.18. The van der Waals surface area contributed by atoms with E-state index in [1.165, 1.54) is 31.5 Å². The SMILES string of the molecule is CCC(=O)Nc1cc(C(=O)NCc2ccc(OC(F)(F)F)cc2OC)ccn1. The van der Waals surface area contributed by atoms with Crippen LogP contribution in [0.3, 0.4) is 0 Å². The third-order valence-electron chi connectivity index (χ3n) is 3.54. The maximum absolute atomic E-state index is 12.3. The summed E-state index contributed by atoms with van der Waals surface area (Å²) in [6.45, 7) is 1.69. The summed E-state index contributed by atoms with van der Waals surface area (Å²) in [6, 6.07) is 6.45. The van der Waals surface area contributed by atoms with Gasteiger partial charge < -0.3 is 20.1 Å². The van der Waals surface area contributed by atoms with Gasteiger partial charge in [-0.25, -0.2) is 4.98 Å². The molecule has 28 heavy (non-hydrogen) atoms. The average molecular weight is 397 g/mol. The Morgan fingerprint density at radius 2 is 1.93 bits per heavy atom. The number of ether oxygens (including phenoxy) is 2. The van der Waals surface area contributed by atoms with Crippen molar-refractivity contribution in [1.82, 2.24) is 10.3 Å². The molecule has 1 heterocycles. The molecule has 2 rings (SSSR count). The van der Waals surface area contributed by atoms with Gasteiger partial charge in [0, 0.05) is 36.4 Å². The monoisotopic (exact) mass is 397 g/mol. The zero-order valence-corrected chi connectivity index (χ0v) is 15.1. The van der Waals surface area contributed by atoms with Crippen LogP contribution >= 0.6 is 0 Å². The highest BCUT2D eigenvalue weighted by Crippen LogP contribution is 2.29. The lowest BCUT2D eigenvalue weighted by atomic mass is 10.1. The largest absolute Gasteiger partial charge is 0.573 e. The molecule has 0 aliphatic heterocycles. The molecule has 7 nitrogen and oxygen atoms in total. The predicted molar refractivity (Wildman–Crippen MR) is 94.0 cm³/mol. The summed E-state index contributed by atoms with van der Waals surface area (Å²) in [4.78, 5) is 27.7. The van der Waals surface area contributed by atoms with Gasteiger partial charge in [0.15, 0.2) is 0 Å². The fourth-order valence-corrected chi connectivity index (χ4v) is 2.22. The molecule has 0 unspecified atom stereocenters. The fraction of sp³-hybridized carbons (Fsp3) is 0.278. The molecular formula is C18H18F3N3O4. The molecule has 150 valence electrons. The molecule has 0 atom stereocenters. The zero-order chi connectivity index (χ0) is 20.7. The van der Waals surface area contributed by atoms with E-state index in [0.29, 0.717) is 5.56 Å². The lowest BCUT2D eigenvalue weighted by molar-refractivity contribution is -0.274. The Balaban J connectivity index is 2.06. The first-order valence-corrected chi connectivity index (χ1v) is 8.18. The number of aromatic nitrogens is 1. The van der Waals surface area contributed by atoms with Gasteiger partial charge in [-0.05, 0) is 24.3 Å². The van der Waals surface area contributed by atoms with Gasteiger partial charge in [-0.3, -0.25) is 9.59 Å². The Kier molecular flexibility index (Phi) is 6.80. The number of halogens is 3.